The molecule has 6 nitrogen and oxygen atoms in total. The number of fused-ring (bicyclic) bond motifs is 1. The largest absolute Gasteiger partial charge is 0.393 e. The van der Waals surface area contributed by atoms with Crippen molar-refractivity contribution in [3.63, 3.8) is 0 Å². The van der Waals surface area contributed by atoms with Crippen molar-refractivity contribution in [3.8, 4) is 0 Å². The van der Waals surface area contributed by atoms with Crippen molar-refractivity contribution in [3.05, 3.63) is 58.9 Å². The molecule has 0 amide bonds. The molecule has 0 aliphatic carbocycles. The van der Waals surface area contributed by atoms with Crippen LogP contribution in [0.25, 0.3) is 10.2 Å². The van der Waals surface area contributed by atoms with Crippen LogP contribution in [0.3, 0.4) is 0 Å². The van der Waals surface area contributed by atoms with Gasteiger partial charge in [0.2, 0.25) is 0 Å². The smallest absolute Gasteiger partial charge is 0.189 e. The van der Waals surface area contributed by atoms with Crippen molar-refractivity contribution in [2.75, 3.05) is 16.4 Å². The zero-order valence-corrected chi connectivity index (χ0v) is 16.3. The Hall–Kier alpha value is -2.90. The Bertz CT molecular complexity index is 1140. The summed E-state index contributed by atoms with van der Waals surface area (Å²) in [7, 11) is 0. The minimum atomic E-state index is 0.407. The Kier molecular flexibility index (Phi) is 4.55. The summed E-state index contributed by atoms with van der Waals surface area (Å²) in [6, 6.07) is 11.8. The number of anilines is 5. The number of hydrogen-bond donors (Lipinski definition) is 3. The van der Waals surface area contributed by atoms with Gasteiger partial charge in [-0.15, -0.1) is 0 Å². The van der Waals surface area contributed by atoms with Crippen molar-refractivity contribution in [2.45, 2.75) is 13.8 Å². The molecular formula is C19H17ClN6S. The number of nitrogens with zero attached hydrogens (tertiary/aromatic N) is 3. The number of nitrogens with one attached hydrogen (secondary N) is 2. The summed E-state index contributed by atoms with van der Waals surface area (Å²) < 4.78 is 1.11. The van der Waals surface area contributed by atoms with Gasteiger partial charge in [0.05, 0.1) is 10.2 Å². The third-order valence-electron chi connectivity index (χ3n) is 4.09. The maximum Gasteiger partial charge on any atom is 0.189 e. The molecule has 27 heavy (non-hydrogen) atoms. The number of hydrogen-bond acceptors (Lipinski definition) is 7. The molecule has 2 aromatic heterocycles. The number of aryl methyl sites for hydroxylation is 2. The first-order valence-electron chi connectivity index (χ1n) is 8.27. The van der Waals surface area contributed by atoms with Crippen molar-refractivity contribution in [1.29, 1.82) is 0 Å². The van der Waals surface area contributed by atoms with E-state index in [1.807, 2.05) is 37.3 Å². The summed E-state index contributed by atoms with van der Waals surface area (Å²) in [6.45, 7) is 4.01. The van der Waals surface area contributed by atoms with Crippen LogP contribution in [-0.2, 0) is 0 Å². The number of thiazole rings is 1. The van der Waals surface area contributed by atoms with E-state index in [0.29, 0.717) is 22.3 Å². The lowest BCUT2D eigenvalue weighted by atomic mass is 10.2. The van der Waals surface area contributed by atoms with E-state index in [9.17, 15) is 0 Å². The predicted octanol–water partition coefficient (Wildman–Crippen LogP) is 5.43. The number of aromatic nitrogens is 3. The summed E-state index contributed by atoms with van der Waals surface area (Å²) >= 11 is 7.74. The van der Waals surface area contributed by atoms with E-state index in [4.69, 9.17) is 17.3 Å². The zero-order chi connectivity index (χ0) is 19.0. The molecule has 0 radical (unpaired) electrons. The number of nitrogen functional groups attached to an aromatic ring is 1. The third kappa shape index (κ3) is 3.65. The molecule has 0 bridgehead atoms. The Morgan fingerprint density at radius 3 is 2.56 bits per heavy atom. The average molecular weight is 397 g/mol. The van der Waals surface area contributed by atoms with Gasteiger partial charge in [-0.05, 0) is 49.2 Å². The first-order chi connectivity index (χ1) is 13.0. The van der Waals surface area contributed by atoms with Crippen LogP contribution in [0.4, 0.5) is 28.1 Å². The molecule has 2 heterocycles. The van der Waals surface area contributed by atoms with E-state index >= 15 is 0 Å². The minimum Gasteiger partial charge on any atom is -0.393 e. The van der Waals surface area contributed by atoms with Crippen LogP contribution in [0.5, 0.6) is 0 Å². The van der Waals surface area contributed by atoms with Crippen LogP contribution in [0, 0.1) is 13.8 Å². The highest BCUT2D eigenvalue weighted by Crippen LogP contribution is 2.32. The van der Waals surface area contributed by atoms with Crippen LogP contribution in [0.2, 0.25) is 5.02 Å². The molecular weight excluding hydrogens is 380 g/mol. The van der Waals surface area contributed by atoms with E-state index in [-0.39, 0.29) is 0 Å². The number of rotatable bonds is 4. The topological polar surface area (TPSA) is 88.8 Å². The van der Waals surface area contributed by atoms with E-state index in [1.165, 1.54) is 11.9 Å². The molecule has 2 aromatic carbocycles. The quantitative estimate of drug-likeness (QED) is 0.426. The van der Waals surface area contributed by atoms with E-state index in [2.05, 4.69) is 38.6 Å². The minimum absolute atomic E-state index is 0.407. The third-order valence-corrected chi connectivity index (χ3v) is 5.43. The Labute approximate surface area is 165 Å². The fourth-order valence-corrected chi connectivity index (χ4v) is 3.73. The van der Waals surface area contributed by atoms with Gasteiger partial charge in [0.25, 0.3) is 0 Å². The summed E-state index contributed by atoms with van der Waals surface area (Å²) in [6.07, 6.45) is 1.45. The van der Waals surface area contributed by atoms with Crippen molar-refractivity contribution < 1.29 is 0 Å². The van der Waals surface area contributed by atoms with Crippen LogP contribution >= 0.6 is 22.9 Å². The molecule has 0 atom stereocenters. The summed E-state index contributed by atoms with van der Waals surface area (Å²) in [5.74, 6) is 1.01. The predicted molar refractivity (Wildman–Crippen MR) is 114 cm³/mol. The standard InChI is InChI=1S/C19H17ClN6S/c1-10-3-6-14-15(7-10)27-19(25-14)26-18-16(21)17(22-9-23-18)24-12-5-4-11(2)13(20)8-12/h3-9H,21H2,1-2H3,(H2,22,23,24,25,26). The highest BCUT2D eigenvalue weighted by Gasteiger charge is 2.12. The monoisotopic (exact) mass is 396 g/mol. The molecule has 0 aliphatic rings. The molecule has 4 aromatic rings. The molecule has 4 N–H and O–H groups in total. The number of halogens is 1. The molecule has 8 heteroatoms. The van der Waals surface area contributed by atoms with Gasteiger partial charge < -0.3 is 16.4 Å². The number of benzene rings is 2. The summed E-state index contributed by atoms with van der Waals surface area (Å²) in [5.41, 5.74) is 10.6. The van der Waals surface area contributed by atoms with Gasteiger partial charge >= 0.3 is 0 Å². The summed E-state index contributed by atoms with van der Waals surface area (Å²) in [4.78, 5) is 13.1. The Morgan fingerprint density at radius 1 is 1.00 bits per heavy atom. The first-order valence-corrected chi connectivity index (χ1v) is 9.47. The lowest BCUT2D eigenvalue weighted by Crippen LogP contribution is -2.05. The molecule has 0 unspecified atom stereocenters. The Morgan fingerprint density at radius 2 is 1.78 bits per heavy atom. The van der Waals surface area contributed by atoms with Gasteiger partial charge in [0.15, 0.2) is 16.8 Å². The van der Waals surface area contributed by atoms with Crippen LogP contribution in [0.1, 0.15) is 11.1 Å². The lowest BCUT2D eigenvalue weighted by Gasteiger charge is -2.12. The Balaban J connectivity index is 1.61. The fourth-order valence-electron chi connectivity index (χ4n) is 2.59. The van der Waals surface area contributed by atoms with Crippen molar-refractivity contribution in [2.24, 2.45) is 0 Å². The fraction of sp³-hybridized carbons (Fsp3) is 0.105. The van der Waals surface area contributed by atoms with Crippen LogP contribution in [-0.4, -0.2) is 15.0 Å². The van der Waals surface area contributed by atoms with Gasteiger partial charge in [-0.3, -0.25) is 0 Å². The highest BCUT2D eigenvalue weighted by molar-refractivity contribution is 7.22. The molecule has 0 spiro atoms. The van der Waals surface area contributed by atoms with Crippen molar-refractivity contribution in [1.82, 2.24) is 15.0 Å². The molecule has 0 fully saturated rings. The maximum atomic E-state index is 6.26. The van der Waals surface area contributed by atoms with Gasteiger partial charge in [-0.25, -0.2) is 15.0 Å². The second-order valence-corrected chi connectivity index (χ2v) is 7.63. The normalized spacial score (nSPS) is 10.9. The molecule has 0 aliphatic heterocycles. The van der Waals surface area contributed by atoms with Crippen molar-refractivity contribution >= 4 is 61.3 Å². The molecule has 0 saturated carbocycles. The van der Waals surface area contributed by atoms with Crippen LogP contribution < -0.4 is 16.4 Å². The zero-order valence-electron chi connectivity index (χ0n) is 14.7. The van der Waals surface area contributed by atoms with E-state index < -0.39 is 0 Å². The maximum absolute atomic E-state index is 6.26. The number of nitrogens with two attached hydrogens (primary N) is 1. The average Bonchev–Trinajstić information content (AvgIpc) is 3.03. The summed E-state index contributed by atoms with van der Waals surface area (Å²) in [5, 5.41) is 7.78. The van der Waals surface area contributed by atoms with Gasteiger partial charge in [-0.2, -0.15) is 0 Å². The molecule has 4 rings (SSSR count). The SMILES string of the molecule is Cc1ccc2nc(Nc3ncnc(Nc4ccc(C)c(Cl)c4)c3N)sc2c1. The van der Waals surface area contributed by atoms with Gasteiger partial charge in [-0.1, -0.05) is 35.1 Å². The lowest BCUT2D eigenvalue weighted by molar-refractivity contribution is 1.17. The van der Waals surface area contributed by atoms with Gasteiger partial charge in [0.1, 0.15) is 12.0 Å². The molecule has 136 valence electrons. The highest BCUT2D eigenvalue weighted by atomic mass is 35.5. The first kappa shape index (κ1) is 17.5. The van der Waals surface area contributed by atoms with E-state index in [1.54, 1.807) is 11.3 Å². The van der Waals surface area contributed by atoms with Gasteiger partial charge in [0, 0.05) is 10.7 Å². The molecule has 0 saturated heterocycles. The van der Waals surface area contributed by atoms with Crippen LogP contribution in [0.15, 0.2) is 42.7 Å². The second kappa shape index (κ2) is 7.02. The van der Waals surface area contributed by atoms with E-state index in [0.717, 1.165) is 26.6 Å². The second-order valence-electron chi connectivity index (χ2n) is 6.19.